The fraction of sp³-hybridized carbons (Fsp3) is 0.312. The first-order valence-electron chi connectivity index (χ1n) is 7.04. The van der Waals surface area contributed by atoms with Gasteiger partial charge in [-0.05, 0) is 39.9 Å². The summed E-state index contributed by atoms with van der Waals surface area (Å²) in [7, 11) is 0. The lowest BCUT2D eigenvalue weighted by Crippen LogP contribution is -2.46. The molecular weight excluding hydrogens is 284 g/mol. The molecule has 2 heterocycles. The molecule has 5 heteroatoms. The van der Waals surface area contributed by atoms with E-state index in [0.29, 0.717) is 13.1 Å². The van der Waals surface area contributed by atoms with Crippen LogP contribution in [-0.2, 0) is 13.0 Å². The standard InChI is InChI=1S/C16H18N2O2S/c19-10-15-14-4-2-1-3-13(14)5-7-18(15)16(20)17-9-12-6-8-21-11-12/h1-4,6,8,11,15,19H,5,7,9-10H2,(H,17,20). The van der Waals surface area contributed by atoms with Gasteiger partial charge in [-0.1, -0.05) is 24.3 Å². The largest absolute Gasteiger partial charge is 0.394 e. The van der Waals surface area contributed by atoms with Crippen LogP contribution < -0.4 is 5.32 Å². The van der Waals surface area contributed by atoms with Crippen LogP contribution in [0.5, 0.6) is 0 Å². The van der Waals surface area contributed by atoms with Crippen LogP contribution in [0.1, 0.15) is 22.7 Å². The van der Waals surface area contributed by atoms with E-state index in [-0.39, 0.29) is 18.7 Å². The normalized spacial score (nSPS) is 17.4. The van der Waals surface area contributed by atoms with Gasteiger partial charge in [0.05, 0.1) is 12.6 Å². The van der Waals surface area contributed by atoms with Crippen molar-refractivity contribution >= 4 is 17.4 Å². The van der Waals surface area contributed by atoms with Gasteiger partial charge in [0.1, 0.15) is 0 Å². The van der Waals surface area contributed by atoms with Crippen LogP contribution in [-0.4, -0.2) is 29.2 Å². The van der Waals surface area contributed by atoms with Crippen molar-refractivity contribution < 1.29 is 9.90 Å². The molecule has 0 saturated heterocycles. The zero-order valence-electron chi connectivity index (χ0n) is 11.7. The lowest BCUT2D eigenvalue weighted by atomic mass is 9.93. The fourth-order valence-electron chi connectivity index (χ4n) is 2.76. The molecule has 0 radical (unpaired) electrons. The number of nitrogens with one attached hydrogen (secondary N) is 1. The monoisotopic (exact) mass is 302 g/mol. The minimum atomic E-state index is -0.252. The highest BCUT2D eigenvalue weighted by Crippen LogP contribution is 2.29. The number of carbonyl (C=O) groups is 1. The Bertz CT molecular complexity index is 612. The number of carbonyl (C=O) groups excluding carboxylic acids is 1. The van der Waals surface area contributed by atoms with Crippen molar-refractivity contribution in [1.29, 1.82) is 0 Å². The predicted molar refractivity (Wildman–Crippen MR) is 83.2 cm³/mol. The first-order chi connectivity index (χ1) is 10.3. The van der Waals surface area contributed by atoms with Gasteiger partial charge in [-0.15, -0.1) is 0 Å². The van der Waals surface area contributed by atoms with Crippen molar-refractivity contribution in [2.45, 2.75) is 19.0 Å². The van der Waals surface area contributed by atoms with Crippen molar-refractivity contribution in [2.75, 3.05) is 13.2 Å². The molecule has 4 nitrogen and oxygen atoms in total. The smallest absolute Gasteiger partial charge is 0.318 e. The van der Waals surface area contributed by atoms with Crippen LogP contribution in [0.25, 0.3) is 0 Å². The maximum atomic E-state index is 12.4. The highest BCUT2D eigenvalue weighted by atomic mass is 32.1. The van der Waals surface area contributed by atoms with Gasteiger partial charge in [-0.25, -0.2) is 4.79 Å². The lowest BCUT2D eigenvalue weighted by molar-refractivity contribution is 0.126. The SMILES string of the molecule is O=C(NCc1ccsc1)N1CCc2ccccc2C1CO. The average molecular weight is 302 g/mol. The maximum Gasteiger partial charge on any atom is 0.318 e. The topological polar surface area (TPSA) is 52.6 Å². The van der Waals surface area contributed by atoms with Gasteiger partial charge in [-0.3, -0.25) is 0 Å². The molecule has 2 N–H and O–H groups in total. The summed E-state index contributed by atoms with van der Waals surface area (Å²) in [6, 6.07) is 9.65. The minimum absolute atomic E-state index is 0.0527. The number of urea groups is 1. The van der Waals surface area contributed by atoms with Crippen molar-refractivity contribution in [3.05, 3.63) is 57.8 Å². The van der Waals surface area contributed by atoms with E-state index in [2.05, 4.69) is 11.4 Å². The van der Waals surface area contributed by atoms with Crippen molar-refractivity contribution in [2.24, 2.45) is 0 Å². The molecule has 2 aromatic rings. The Morgan fingerprint density at radius 1 is 1.38 bits per heavy atom. The Morgan fingerprint density at radius 3 is 3.00 bits per heavy atom. The van der Waals surface area contributed by atoms with E-state index in [1.165, 1.54) is 5.56 Å². The number of rotatable bonds is 3. The summed E-state index contributed by atoms with van der Waals surface area (Å²) < 4.78 is 0. The van der Waals surface area contributed by atoms with Crippen molar-refractivity contribution in [3.63, 3.8) is 0 Å². The number of fused-ring (bicyclic) bond motifs is 1. The van der Waals surface area contributed by atoms with Gasteiger partial charge in [0, 0.05) is 13.1 Å². The first kappa shape index (κ1) is 14.1. The predicted octanol–water partition coefficient (Wildman–Crippen LogP) is 2.55. The Labute approximate surface area is 128 Å². The maximum absolute atomic E-state index is 12.4. The Kier molecular flexibility index (Phi) is 4.22. The highest BCUT2D eigenvalue weighted by Gasteiger charge is 2.29. The van der Waals surface area contributed by atoms with Crippen LogP contribution in [0.2, 0.25) is 0 Å². The van der Waals surface area contributed by atoms with E-state index in [1.807, 2.05) is 35.0 Å². The van der Waals surface area contributed by atoms with Gasteiger partial charge in [0.25, 0.3) is 0 Å². The molecule has 0 fully saturated rings. The van der Waals surface area contributed by atoms with Crippen LogP contribution in [0.4, 0.5) is 4.79 Å². The minimum Gasteiger partial charge on any atom is -0.394 e. The Morgan fingerprint density at radius 2 is 2.24 bits per heavy atom. The van der Waals surface area contributed by atoms with Gasteiger partial charge in [0.2, 0.25) is 0 Å². The Hall–Kier alpha value is -1.85. The fourth-order valence-corrected chi connectivity index (χ4v) is 3.43. The second-order valence-corrected chi connectivity index (χ2v) is 5.91. The summed E-state index contributed by atoms with van der Waals surface area (Å²) in [6.45, 7) is 1.11. The summed E-state index contributed by atoms with van der Waals surface area (Å²) in [5.74, 6) is 0. The molecule has 0 bridgehead atoms. The molecule has 1 aromatic carbocycles. The third-order valence-electron chi connectivity index (χ3n) is 3.87. The average Bonchev–Trinajstić information content (AvgIpc) is 3.04. The summed E-state index contributed by atoms with van der Waals surface area (Å²) in [6.07, 6.45) is 0.832. The molecular formula is C16H18N2O2S. The summed E-state index contributed by atoms with van der Waals surface area (Å²) in [4.78, 5) is 14.1. The number of aliphatic hydroxyl groups is 1. The number of amides is 2. The molecule has 1 aromatic heterocycles. The van der Waals surface area contributed by atoms with Crippen LogP contribution >= 0.6 is 11.3 Å². The molecule has 0 aliphatic carbocycles. The van der Waals surface area contributed by atoms with Crippen LogP contribution in [0.15, 0.2) is 41.1 Å². The third kappa shape index (κ3) is 2.94. The number of nitrogens with zero attached hydrogens (tertiary/aromatic N) is 1. The van der Waals surface area contributed by atoms with E-state index < -0.39 is 0 Å². The van der Waals surface area contributed by atoms with E-state index in [1.54, 1.807) is 16.2 Å². The van der Waals surface area contributed by atoms with Gasteiger partial charge < -0.3 is 15.3 Å². The van der Waals surface area contributed by atoms with E-state index >= 15 is 0 Å². The highest BCUT2D eigenvalue weighted by molar-refractivity contribution is 7.07. The zero-order chi connectivity index (χ0) is 14.7. The number of hydrogen-bond donors (Lipinski definition) is 2. The molecule has 2 amide bonds. The molecule has 1 aliphatic heterocycles. The molecule has 110 valence electrons. The van der Waals surface area contributed by atoms with Crippen LogP contribution in [0.3, 0.4) is 0 Å². The van der Waals surface area contributed by atoms with Gasteiger partial charge in [0.15, 0.2) is 0 Å². The number of hydrogen-bond acceptors (Lipinski definition) is 3. The molecule has 3 rings (SSSR count). The summed E-state index contributed by atoms with van der Waals surface area (Å²) in [5, 5.41) is 16.6. The molecule has 1 atom stereocenters. The molecule has 1 aliphatic rings. The molecule has 1 unspecified atom stereocenters. The Balaban J connectivity index is 1.71. The number of aliphatic hydroxyl groups excluding tert-OH is 1. The van der Waals surface area contributed by atoms with Gasteiger partial charge in [-0.2, -0.15) is 11.3 Å². The van der Waals surface area contributed by atoms with Crippen molar-refractivity contribution in [1.82, 2.24) is 10.2 Å². The van der Waals surface area contributed by atoms with E-state index in [0.717, 1.165) is 17.5 Å². The molecule has 21 heavy (non-hydrogen) atoms. The second-order valence-electron chi connectivity index (χ2n) is 5.13. The summed E-state index contributed by atoms with van der Waals surface area (Å²) in [5.41, 5.74) is 3.38. The van der Waals surface area contributed by atoms with E-state index in [9.17, 15) is 9.90 Å². The van der Waals surface area contributed by atoms with E-state index in [4.69, 9.17) is 0 Å². The quantitative estimate of drug-likeness (QED) is 0.915. The summed E-state index contributed by atoms with van der Waals surface area (Å²) >= 11 is 1.62. The second kappa shape index (κ2) is 6.28. The molecule has 0 saturated carbocycles. The number of benzene rings is 1. The van der Waals surface area contributed by atoms with Gasteiger partial charge >= 0.3 is 6.03 Å². The zero-order valence-corrected chi connectivity index (χ0v) is 12.5. The number of thiophene rings is 1. The van der Waals surface area contributed by atoms with Crippen LogP contribution in [0, 0.1) is 0 Å². The lowest BCUT2D eigenvalue weighted by Gasteiger charge is -2.36. The molecule has 0 spiro atoms. The first-order valence-corrected chi connectivity index (χ1v) is 7.98. The van der Waals surface area contributed by atoms with Crippen molar-refractivity contribution in [3.8, 4) is 0 Å². The third-order valence-corrected chi connectivity index (χ3v) is 4.60.